The monoisotopic (exact) mass is 423 g/mol. The van der Waals surface area contributed by atoms with Crippen LogP contribution in [0.2, 0.25) is 0 Å². The minimum absolute atomic E-state index is 0.138. The summed E-state index contributed by atoms with van der Waals surface area (Å²) >= 11 is 0. The van der Waals surface area contributed by atoms with Crippen LogP contribution in [0.25, 0.3) is 0 Å². The van der Waals surface area contributed by atoms with Gasteiger partial charge < -0.3 is 14.7 Å². The molecule has 0 bridgehead atoms. The quantitative estimate of drug-likeness (QED) is 0.543. The summed E-state index contributed by atoms with van der Waals surface area (Å²) in [6, 6.07) is 15.3. The van der Waals surface area contributed by atoms with Crippen molar-refractivity contribution in [2.75, 3.05) is 68.7 Å². The molecule has 0 aromatic heterocycles. The first-order valence-corrected chi connectivity index (χ1v) is 10.8. The number of nitro benzene ring substituents is 1. The molecule has 2 aromatic carbocycles. The Morgan fingerprint density at radius 2 is 1.58 bits per heavy atom. The molecule has 2 saturated heterocycles. The maximum Gasteiger partial charge on any atom is 0.292 e. The van der Waals surface area contributed by atoms with Crippen molar-refractivity contribution in [2.24, 2.45) is 0 Å². The molecule has 0 aliphatic carbocycles. The molecule has 0 spiro atoms. The Hall–Kier alpha value is -3.13. The molecular formula is C23H29N5O3. The van der Waals surface area contributed by atoms with Gasteiger partial charge in [-0.3, -0.25) is 19.8 Å². The Bertz CT molecular complexity index is 934. The van der Waals surface area contributed by atoms with Crippen LogP contribution in [0.5, 0.6) is 0 Å². The van der Waals surface area contributed by atoms with E-state index in [1.54, 1.807) is 18.2 Å². The second-order valence-corrected chi connectivity index (χ2v) is 8.22. The first-order valence-electron chi connectivity index (χ1n) is 10.8. The van der Waals surface area contributed by atoms with Crippen LogP contribution in [-0.2, 0) is 4.79 Å². The summed E-state index contributed by atoms with van der Waals surface area (Å²) in [5.74, 6) is 0.169. The number of aryl methyl sites for hydroxylation is 1. The maximum atomic E-state index is 12.8. The molecule has 0 radical (unpaired) electrons. The van der Waals surface area contributed by atoms with Crippen molar-refractivity contribution >= 4 is 23.0 Å². The van der Waals surface area contributed by atoms with Gasteiger partial charge in [-0.1, -0.05) is 24.3 Å². The number of hydrogen-bond acceptors (Lipinski definition) is 6. The molecule has 0 unspecified atom stereocenters. The van der Waals surface area contributed by atoms with Crippen LogP contribution in [0.3, 0.4) is 0 Å². The lowest BCUT2D eigenvalue weighted by atomic mass is 10.2. The van der Waals surface area contributed by atoms with Crippen molar-refractivity contribution in [3.8, 4) is 0 Å². The van der Waals surface area contributed by atoms with Gasteiger partial charge in [-0.25, -0.2) is 0 Å². The molecule has 31 heavy (non-hydrogen) atoms. The number of nitro groups is 1. The van der Waals surface area contributed by atoms with Crippen molar-refractivity contribution in [1.82, 2.24) is 9.80 Å². The molecule has 2 aromatic rings. The van der Waals surface area contributed by atoms with E-state index < -0.39 is 0 Å². The number of carbonyl (C=O) groups excluding carboxylic acids is 1. The van der Waals surface area contributed by atoms with E-state index in [-0.39, 0.29) is 16.5 Å². The molecule has 2 fully saturated rings. The number of amides is 1. The van der Waals surface area contributed by atoms with E-state index in [9.17, 15) is 14.9 Å². The summed E-state index contributed by atoms with van der Waals surface area (Å²) in [5.41, 5.74) is 3.26. The molecule has 4 rings (SSSR count). The topological polar surface area (TPSA) is 73.2 Å². The number of nitrogens with zero attached hydrogens (tertiary/aromatic N) is 5. The van der Waals surface area contributed by atoms with Gasteiger partial charge in [0.15, 0.2) is 0 Å². The lowest BCUT2D eigenvalue weighted by Gasteiger charge is -2.39. The van der Waals surface area contributed by atoms with E-state index in [4.69, 9.17) is 0 Å². The first kappa shape index (κ1) is 21.1. The minimum Gasteiger partial charge on any atom is -0.368 e. The lowest BCUT2D eigenvalue weighted by Crippen LogP contribution is -2.54. The highest BCUT2D eigenvalue weighted by atomic mass is 16.6. The predicted octanol–water partition coefficient (Wildman–Crippen LogP) is 2.37. The van der Waals surface area contributed by atoms with Gasteiger partial charge in [0.1, 0.15) is 5.69 Å². The summed E-state index contributed by atoms with van der Waals surface area (Å²) in [4.78, 5) is 32.3. The number of para-hydroxylation sites is 2. The van der Waals surface area contributed by atoms with Gasteiger partial charge in [0.2, 0.25) is 5.91 Å². The molecule has 1 amide bonds. The zero-order valence-electron chi connectivity index (χ0n) is 17.9. The average Bonchev–Trinajstić information content (AvgIpc) is 2.79. The Kier molecular flexibility index (Phi) is 6.36. The van der Waals surface area contributed by atoms with Gasteiger partial charge in [-0.05, 0) is 30.7 Å². The van der Waals surface area contributed by atoms with Crippen molar-refractivity contribution in [3.05, 3.63) is 64.2 Å². The fourth-order valence-electron chi connectivity index (χ4n) is 4.36. The van der Waals surface area contributed by atoms with Crippen LogP contribution in [0.1, 0.15) is 5.56 Å². The third kappa shape index (κ3) is 4.96. The van der Waals surface area contributed by atoms with Crippen molar-refractivity contribution in [3.63, 3.8) is 0 Å². The van der Waals surface area contributed by atoms with Gasteiger partial charge in [0.05, 0.1) is 11.5 Å². The molecule has 2 aliphatic heterocycles. The molecule has 2 aliphatic rings. The van der Waals surface area contributed by atoms with Crippen molar-refractivity contribution < 1.29 is 9.72 Å². The smallest absolute Gasteiger partial charge is 0.292 e. The average molecular weight is 424 g/mol. The molecule has 8 heteroatoms. The van der Waals surface area contributed by atoms with Crippen LogP contribution in [0, 0.1) is 17.0 Å². The molecule has 0 saturated carbocycles. The number of piperazine rings is 2. The summed E-state index contributed by atoms with van der Waals surface area (Å²) in [5, 5.41) is 11.3. The third-order valence-electron chi connectivity index (χ3n) is 6.15. The van der Waals surface area contributed by atoms with E-state index in [1.165, 1.54) is 11.3 Å². The Labute approximate surface area is 182 Å². The summed E-state index contributed by atoms with van der Waals surface area (Å²) < 4.78 is 0. The second kappa shape index (κ2) is 9.34. The largest absolute Gasteiger partial charge is 0.368 e. The second-order valence-electron chi connectivity index (χ2n) is 8.22. The number of rotatable bonds is 5. The van der Waals surface area contributed by atoms with Gasteiger partial charge in [-0.2, -0.15) is 0 Å². The number of carbonyl (C=O) groups is 1. The van der Waals surface area contributed by atoms with E-state index >= 15 is 0 Å². The van der Waals surface area contributed by atoms with E-state index in [2.05, 4.69) is 41.0 Å². The van der Waals surface area contributed by atoms with Gasteiger partial charge in [-0.15, -0.1) is 0 Å². The fourth-order valence-corrected chi connectivity index (χ4v) is 4.36. The molecule has 8 nitrogen and oxygen atoms in total. The van der Waals surface area contributed by atoms with Gasteiger partial charge in [0, 0.05) is 64.1 Å². The van der Waals surface area contributed by atoms with Crippen LogP contribution in [0.15, 0.2) is 48.5 Å². The van der Waals surface area contributed by atoms with Crippen LogP contribution in [0.4, 0.5) is 17.1 Å². The summed E-state index contributed by atoms with van der Waals surface area (Å²) in [7, 11) is 0. The van der Waals surface area contributed by atoms with Gasteiger partial charge >= 0.3 is 0 Å². The maximum absolute atomic E-state index is 12.8. The zero-order valence-corrected chi connectivity index (χ0v) is 17.9. The van der Waals surface area contributed by atoms with E-state index in [0.29, 0.717) is 25.3 Å². The summed E-state index contributed by atoms with van der Waals surface area (Å²) in [6.45, 7) is 8.49. The van der Waals surface area contributed by atoms with Crippen molar-refractivity contribution in [2.45, 2.75) is 6.92 Å². The third-order valence-corrected chi connectivity index (χ3v) is 6.15. The lowest BCUT2D eigenvalue weighted by molar-refractivity contribution is -0.384. The van der Waals surface area contributed by atoms with E-state index in [0.717, 1.165) is 39.3 Å². The van der Waals surface area contributed by atoms with Crippen LogP contribution >= 0.6 is 0 Å². The first-order chi connectivity index (χ1) is 15.0. The Morgan fingerprint density at radius 1 is 0.903 bits per heavy atom. The number of hydrogen-bond donors (Lipinski definition) is 0. The molecule has 0 atom stereocenters. The predicted molar refractivity (Wildman–Crippen MR) is 122 cm³/mol. The highest BCUT2D eigenvalue weighted by molar-refractivity contribution is 5.78. The van der Waals surface area contributed by atoms with Crippen LogP contribution < -0.4 is 9.80 Å². The number of benzene rings is 2. The highest BCUT2D eigenvalue weighted by Crippen LogP contribution is 2.28. The summed E-state index contributed by atoms with van der Waals surface area (Å²) in [6.07, 6.45) is 0. The molecule has 0 N–H and O–H groups in total. The SMILES string of the molecule is Cc1cccc(N2CCN(C(=O)CN3CCN(c4ccccc4[N+](=O)[O-])CC3)CC2)c1. The normalized spacial score (nSPS) is 17.6. The van der Waals surface area contributed by atoms with Crippen LogP contribution in [-0.4, -0.2) is 79.5 Å². The fraction of sp³-hybridized carbons (Fsp3) is 0.435. The Balaban J connectivity index is 1.26. The van der Waals surface area contributed by atoms with Crippen molar-refractivity contribution in [1.29, 1.82) is 0 Å². The molecule has 2 heterocycles. The Morgan fingerprint density at radius 3 is 2.26 bits per heavy atom. The zero-order chi connectivity index (χ0) is 21.8. The van der Waals surface area contributed by atoms with E-state index in [1.807, 2.05) is 15.9 Å². The number of anilines is 2. The minimum atomic E-state index is -0.332. The molecule has 164 valence electrons. The molecular weight excluding hydrogens is 394 g/mol. The standard InChI is InChI=1S/C23H29N5O3/c1-19-5-4-6-20(17-19)25-13-15-27(16-14-25)23(29)18-24-9-11-26(12-10-24)21-7-2-3-8-22(21)28(30)31/h2-8,17H,9-16,18H2,1H3. The highest BCUT2D eigenvalue weighted by Gasteiger charge is 2.27. The van der Waals surface area contributed by atoms with Gasteiger partial charge in [0.25, 0.3) is 5.69 Å².